The molecule has 0 saturated carbocycles. The first-order valence-electron chi connectivity index (χ1n) is 6.60. The summed E-state index contributed by atoms with van der Waals surface area (Å²) in [5.41, 5.74) is 1.03. The lowest BCUT2D eigenvalue weighted by Gasteiger charge is -2.04. The van der Waals surface area contributed by atoms with Gasteiger partial charge in [0.2, 0.25) is 0 Å². The number of benzene rings is 2. The Balaban J connectivity index is 1.91. The molecule has 1 aromatic heterocycles. The molecule has 2 aromatic carbocycles. The third kappa shape index (κ3) is 3.41. The van der Waals surface area contributed by atoms with Gasteiger partial charge in [-0.3, -0.25) is 0 Å². The van der Waals surface area contributed by atoms with Crippen molar-refractivity contribution in [2.75, 3.05) is 0 Å². The highest BCUT2D eigenvalue weighted by Gasteiger charge is 2.07. The Labute approximate surface area is 134 Å². The SMILES string of the molecule is Cc1nnc(C#Cc2ccc(-c3ccc(F)c(F)c3)cc2F)s1. The Morgan fingerprint density at radius 1 is 0.826 bits per heavy atom. The van der Waals surface area contributed by atoms with E-state index in [-0.39, 0.29) is 5.56 Å². The van der Waals surface area contributed by atoms with Crippen LogP contribution in [0, 0.1) is 36.2 Å². The molecule has 1 heterocycles. The molecule has 3 aromatic rings. The number of aryl methyl sites for hydroxylation is 1. The lowest BCUT2D eigenvalue weighted by molar-refractivity contribution is 0.509. The van der Waals surface area contributed by atoms with Crippen molar-refractivity contribution in [1.82, 2.24) is 10.2 Å². The first kappa shape index (κ1) is 15.3. The zero-order chi connectivity index (χ0) is 16.4. The van der Waals surface area contributed by atoms with E-state index >= 15 is 0 Å². The van der Waals surface area contributed by atoms with E-state index < -0.39 is 17.5 Å². The highest BCUT2D eigenvalue weighted by molar-refractivity contribution is 7.11. The van der Waals surface area contributed by atoms with E-state index in [1.54, 1.807) is 13.0 Å². The topological polar surface area (TPSA) is 25.8 Å². The zero-order valence-electron chi connectivity index (χ0n) is 11.9. The van der Waals surface area contributed by atoms with Crippen LogP contribution in [-0.4, -0.2) is 10.2 Å². The van der Waals surface area contributed by atoms with E-state index in [4.69, 9.17) is 0 Å². The molecule has 0 aliphatic rings. The summed E-state index contributed by atoms with van der Waals surface area (Å²) in [7, 11) is 0. The fourth-order valence-corrected chi connectivity index (χ4v) is 2.48. The average Bonchev–Trinajstić information content (AvgIpc) is 2.94. The van der Waals surface area contributed by atoms with Gasteiger partial charge in [-0.05, 0) is 48.2 Å². The normalized spacial score (nSPS) is 10.3. The lowest BCUT2D eigenvalue weighted by Crippen LogP contribution is -1.89. The highest BCUT2D eigenvalue weighted by Crippen LogP contribution is 2.23. The summed E-state index contributed by atoms with van der Waals surface area (Å²) >= 11 is 1.32. The number of hydrogen-bond acceptors (Lipinski definition) is 3. The van der Waals surface area contributed by atoms with Crippen LogP contribution >= 0.6 is 11.3 Å². The van der Waals surface area contributed by atoms with Gasteiger partial charge in [0.05, 0.1) is 5.56 Å². The molecule has 0 radical (unpaired) electrons. The van der Waals surface area contributed by atoms with Crippen LogP contribution in [-0.2, 0) is 0 Å². The van der Waals surface area contributed by atoms with Crippen molar-refractivity contribution in [2.45, 2.75) is 6.92 Å². The summed E-state index contributed by atoms with van der Waals surface area (Å²) in [5, 5.41) is 8.95. The molecule has 0 aliphatic heterocycles. The van der Waals surface area contributed by atoms with Crippen molar-refractivity contribution in [3.05, 3.63) is 69.4 Å². The Bertz CT molecular complexity index is 938. The number of nitrogens with zero attached hydrogens (tertiary/aromatic N) is 2. The fraction of sp³-hybridized carbons (Fsp3) is 0.0588. The molecule has 3 rings (SSSR count). The molecule has 0 spiro atoms. The van der Waals surface area contributed by atoms with E-state index in [0.29, 0.717) is 16.1 Å². The molecule has 0 unspecified atom stereocenters. The maximum Gasteiger partial charge on any atom is 0.191 e. The second-order valence-corrected chi connectivity index (χ2v) is 5.88. The van der Waals surface area contributed by atoms with Crippen molar-refractivity contribution in [3.63, 3.8) is 0 Å². The van der Waals surface area contributed by atoms with Crippen LogP contribution in [0.25, 0.3) is 11.1 Å². The molecule has 0 fully saturated rings. The number of rotatable bonds is 1. The van der Waals surface area contributed by atoms with Gasteiger partial charge in [-0.1, -0.05) is 29.4 Å². The molecular formula is C17H9F3N2S. The summed E-state index contributed by atoms with van der Waals surface area (Å²) in [5.74, 6) is 2.98. The Morgan fingerprint density at radius 3 is 2.13 bits per heavy atom. The average molecular weight is 330 g/mol. The lowest BCUT2D eigenvalue weighted by atomic mass is 10.0. The van der Waals surface area contributed by atoms with E-state index in [9.17, 15) is 13.2 Å². The van der Waals surface area contributed by atoms with Crippen LogP contribution in [0.4, 0.5) is 13.2 Å². The van der Waals surface area contributed by atoms with E-state index in [1.807, 2.05) is 0 Å². The van der Waals surface area contributed by atoms with Crippen molar-refractivity contribution in [2.24, 2.45) is 0 Å². The maximum atomic E-state index is 14.1. The molecule has 0 saturated heterocycles. The van der Waals surface area contributed by atoms with Gasteiger partial charge in [0.15, 0.2) is 16.6 Å². The quantitative estimate of drug-likeness (QED) is 0.621. The number of hydrogen-bond donors (Lipinski definition) is 0. The number of aromatic nitrogens is 2. The van der Waals surface area contributed by atoms with Gasteiger partial charge in [0, 0.05) is 0 Å². The Hall–Kier alpha value is -2.65. The Morgan fingerprint density at radius 2 is 1.52 bits per heavy atom. The zero-order valence-corrected chi connectivity index (χ0v) is 12.7. The van der Waals surface area contributed by atoms with E-state index in [1.165, 1.54) is 29.5 Å². The molecule has 0 atom stereocenters. The second-order valence-electron chi connectivity index (χ2n) is 4.70. The van der Waals surface area contributed by atoms with Crippen LogP contribution in [0.3, 0.4) is 0 Å². The van der Waals surface area contributed by atoms with Crippen LogP contribution in [0.1, 0.15) is 15.6 Å². The van der Waals surface area contributed by atoms with Gasteiger partial charge in [-0.2, -0.15) is 0 Å². The van der Waals surface area contributed by atoms with Crippen molar-refractivity contribution < 1.29 is 13.2 Å². The van der Waals surface area contributed by atoms with E-state index in [0.717, 1.165) is 17.1 Å². The molecule has 0 aliphatic carbocycles. The van der Waals surface area contributed by atoms with Crippen molar-refractivity contribution >= 4 is 11.3 Å². The molecule has 0 amide bonds. The van der Waals surface area contributed by atoms with Crippen LogP contribution in [0.15, 0.2) is 36.4 Å². The Kier molecular flexibility index (Phi) is 4.13. The molecule has 0 bridgehead atoms. The third-order valence-electron chi connectivity index (χ3n) is 3.05. The van der Waals surface area contributed by atoms with Crippen LogP contribution in [0.2, 0.25) is 0 Å². The van der Waals surface area contributed by atoms with Gasteiger partial charge in [-0.15, -0.1) is 10.2 Å². The monoisotopic (exact) mass is 330 g/mol. The molecule has 114 valence electrons. The maximum absolute atomic E-state index is 14.1. The van der Waals surface area contributed by atoms with Gasteiger partial charge in [-0.25, -0.2) is 13.2 Å². The smallest absolute Gasteiger partial charge is 0.191 e. The number of halogens is 3. The summed E-state index contributed by atoms with van der Waals surface area (Å²) in [4.78, 5) is 0. The molecule has 0 N–H and O–H groups in total. The summed E-state index contributed by atoms with van der Waals surface area (Å²) in [6.07, 6.45) is 0. The predicted octanol–water partition coefficient (Wildman–Crippen LogP) is 4.33. The van der Waals surface area contributed by atoms with Gasteiger partial charge < -0.3 is 0 Å². The second kappa shape index (κ2) is 6.23. The minimum atomic E-state index is -0.974. The highest BCUT2D eigenvalue weighted by atomic mass is 32.1. The third-order valence-corrected chi connectivity index (χ3v) is 3.81. The van der Waals surface area contributed by atoms with Gasteiger partial charge >= 0.3 is 0 Å². The predicted molar refractivity (Wildman–Crippen MR) is 82.4 cm³/mol. The van der Waals surface area contributed by atoms with E-state index in [2.05, 4.69) is 22.0 Å². The summed E-state index contributed by atoms with van der Waals surface area (Å²) in [6.45, 7) is 1.81. The summed E-state index contributed by atoms with van der Waals surface area (Å²) in [6, 6.07) is 7.76. The molecule has 23 heavy (non-hydrogen) atoms. The molecular weight excluding hydrogens is 321 g/mol. The molecule has 2 nitrogen and oxygen atoms in total. The van der Waals surface area contributed by atoms with Crippen LogP contribution in [0.5, 0.6) is 0 Å². The standard InChI is InChI=1S/C17H9F3N2S/c1-10-21-22-17(23-10)7-5-11-2-3-12(8-15(11)19)13-4-6-14(18)16(20)9-13/h2-4,6,8-9H,1H3. The first-order chi connectivity index (χ1) is 11.0. The van der Waals surface area contributed by atoms with Crippen molar-refractivity contribution in [1.29, 1.82) is 0 Å². The van der Waals surface area contributed by atoms with Crippen molar-refractivity contribution in [3.8, 4) is 23.0 Å². The summed E-state index contributed by atoms with van der Waals surface area (Å²) < 4.78 is 40.3. The van der Waals surface area contributed by atoms with Gasteiger partial charge in [0.1, 0.15) is 10.8 Å². The molecule has 6 heteroatoms. The fourth-order valence-electron chi connectivity index (χ4n) is 1.94. The minimum absolute atomic E-state index is 0.198. The first-order valence-corrected chi connectivity index (χ1v) is 7.41. The minimum Gasteiger partial charge on any atom is -0.206 e. The van der Waals surface area contributed by atoms with Crippen LogP contribution < -0.4 is 0 Å². The largest absolute Gasteiger partial charge is 0.206 e. The van der Waals surface area contributed by atoms with Gasteiger partial charge in [0.25, 0.3) is 0 Å².